The Hall–Kier alpha value is -3.94. The summed E-state index contributed by atoms with van der Waals surface area (Å²) < 4.78 is 5.52. The lowest BCUT2D eigenvalue weighted by atomic mass is 9.98. The van der Waals surface area contributed by atoms with Crippen molar-refractivity contribution in [1.82, 2.24) is 15.3 Å². The number of rotatable bonds is 7. The van der Waals surface area contributed by atoms with Crippen molar-refractivity contribution in [2.45, 2.75) is 38.1 Å². The summed E-state index contributed by atoms with van der Waals surface area (Å²) in [5.41, 5.74) is 5.10. The second kappa shape index (κ2) is 10.4. The molecule has 1 saturated heterocycles. The smallest absolute Gasteiger partial charge is 0.407 e. The van der Waals surface area contributed by atoms with Crippen molar-refractivity contribution in [3.05, 3.63) is 77.6 Å². The number of benzene rings is 2. The van der Waals surface area contributed by atoms with Gasteiger partial charge in [-0.05, 0) is 46.6 Å². The van der Waals surface area contributed by atoms with Gasteiger partial charge in [-0.2, -0.15) is 0 Å². The Morgan fingerprint density at radius 2 is 1.72 bits per heavy atom. The van der Waals surface area contributed by atoms with E-state index in [1.165, 1.54) is 6.42 Å². The van der Waals surface area contributed by atoms with Gasteiger partial charge in [-0.3, -0.25) is 0 Å². The summed E-state index contributed by atoms with van der Waals surface area (Å²) in [6, 6.07) is 15.0. The summed E-state index contributed by atoms with van der Waals surface area (Å²) in [5, 5.41) is 12.2. The second-order valence-corrected chi connectivity index (χ2v) is 9.65. The molecule has 5 rings (SSSR count). The summed E-state index contributed by atoms with van der Waals surface area (Å²) in [6.07, 6.45) is 4.89. The molecule has 2 N–H and O–H groups in total. The van der Waals surface area contributed by atoms with Gasteiger partial charge in [-0.1, -0.05) is 55.5 Å². The van der Waals surface area contributed by atoms with Crippen molar-refractivity contribution in [3.63, 3.8) is 0 Å². The number of carbonyl (C=O) groups is 2. The molecule has 0 spiro atoms. The first-order valence-electron chi connectivity index (χ1n) is 12.4. The van der Waals surface area contributed by atoms with Crippen LogP contribution in [0.25, 0.3) is 11.1 Å². The van der Waals surface area contributed by atoms with Gasteiger partial charge in [0, 0.05) is 37.8 Å². The van der Waals surface area contributed by atoms with Gasteiger partial charge in [0.05, 0.1) is 0 Å². The van der Waals surface area contributed by atoms with Crippen LogP contribution in [0.3, 0.4) is 0 Å². The number of carboxylic acids is 1. The van der Waals surface area contributed by atoms with E-state index in [2.05, 4.69) is 39.2 Å². The third-order valence-electron chi connectivity index (χ3n) is 7.01. The zero-order chi connectivity index (χ0) is 25.1. The Labute approximate surface area is 210 Å². The molecule has 8 nitrogen and oxygen atoms in total. The normalized spacial score (nSPS) is 17.7. The largest absolute Gasteiger partial charge is 0.480 e. The summed E-state index contributed by atoms with van der Waals surface area (Å²) in [7, 11) is 0. The maximum Gasteiger partial charge on any atom is 0.407 e. The zero-order valence-electron chi connectivity index (χ0n) is 20.3. The highest BCUT2D eigenvalue weighted by molar-refractivity contribution is 5.81. The lowest BCUT2D eigenvalue weighted by Gasteiger charge is -2.30. The van der Waals surface area contributed by atoms with Gasteiger partial charge in [-0.15, -0.1) is 0 Å². The predicted octanol–water partition coefficient (Wildman–Crippen LogP) is 4.25. The number of aliphatic carboxylic acids is 1. The highest BCUT2D eigenvalue weighted by Crippen LogP contribution is 2.44. The van der Waals surface area contributed by atoms with E-state index >= 15 is 0 Å². The molecule has 1 aliphatic heterocycles. The van der Waals surface area contributed by atoms with Gasteiger partial charge in [0.15, 0.2) is 0 Å². The molecular formula is C28H30N4O4. The molecular weight excluding hydrogens is 456 g/mol. The number of nitrogens with one attached hydrogen (secondary N) is 1. The molecule has 0 radical (unpaired) electrons. The monoisotopic (exact) mass is 486 g/mol. The van der Waals surface area contributed by atoms with Crippen molar-refractivity contribution < 1.29 is 19.4 Å². The van der Waals surface area contributed by atoms with Gasteiger partial charge < -0.3 is 20.1 Å². The van der Waals surface area contributed by atoms with Crippen LogP contribution in [0.4, 0.5) is 10.7 Å². The first-order chi connectivity index (χ1) is 17.5. The van der Waals surface area contributed by atoms with Crippen LogP contribution in [0.1, 0.15) is 42.4 Å². The zero-order valence-corrected chi connectivity index (χ0v) is 20.3. The predicted molar refractivity (Wildman–Crippen MR) is 136 cm³/mol. The maximum absolute atomic E-state index is 12.6. The number of carbonyl (C=O) groups excluding carboxylic acids is 1. The average Bonchev–Trinajstić information content (AvgIpc) is 3.21. The number of nitrogens with zero attached hydrogens (tertiary/aromatic N) is 3. The number of piperidine rings is 1. The van der Waals surface area contributed by atoms with E-state index in [0.717, 1.165) is 41.8 Å². The van der Waals surface area contributed by atoms with E-state index in [-0.39, 0.29) is 18.9 Å². The minimum Gasteiger partial charge on any atom is -0.480 e. The Kier molecular flexibility index (Phi) is 6.84. The Morgan fingerprint density at radius 1 is 1.08 bits per heavy atom. The van der Waals surface area contributed by atoms with Crippen LogP contribution in [0.15, 0.2) is 60.9 Å². The van der Waals surface area contributed by atoms with Crippen LogP contribution in [0, 0.1) is 5.92 Å². The molecule has 2 heterocycles. The number of carboxylic acid groups (broad SMARTS) is 1. The van der Waals surface area contributed by atoms with E-state index in [9.17, 15) is 14.7 Å². The molecule has 2 atom stereocenters. The number of alkyl carbamates (subject to hydrolysis) is 1. The fourth-order valence-corrected chi connectivity index (χ4v) is 5.21. The molecule has 186 valence electrons. The van der Waals surface area contributed by atoms with E-state index in [1.807, 2.05) is 36.4 Å². The summed E-state index contributed by atoms with van der Waals surface area (Å²) in [6.45, 7) is 4.18. The topological polar surface area (TPSA) is 105 Å². The van der Waals surface area contributed by atoms with Crippen molar-refractivity contribution in [2.75, 3.05) is 24.6 Å². The quantitative estimate of drug-likeness (QED) is 0.514. The number of aromatic nitrogens is 2. The standard InChI is InChI=1S/C28H30N4O4/c1-18-7-6-12-32(16-18)27-29-14-19(15-30-27)13-25(26(33)34)31-28(35)36-17-24-22-10-4-2-8-20(22)21-9-3-5-11-23(21)24/h2-5,8-11,14-15,18,24-25H,6-7,12-13,16-17H2,1H3,(H,31,35)(H,33,34). The highest BCUT2D eigenvalue weighted by Gasteiger charge is 2.30. The third-order valence-corrected chi connectivity index (χ3v) is 7.01. The average molecular weight is 487 g/mol. The Morgan fingerprint density at radius 3 is 2.33 bits per heavy atom. The summed E-state index contributed by atoms with van der Waals surface area (Å²) in [4.78, 5) is 35.5. The van der Waals surface area contributed by atoms with Crippen LogP contribution in [0.2, 0.25) is 0 Å². The fourth-order valence-electron chi connectivity index (χ4n) is 5.21. The lowest BCUT2D eigenvalue weighted by Crippen LogP contribution is -2.43. The van der Waals surface area contributed by atoms with E-state index in [1.54, 1.807) is 12.4 Å². The lowest BCUT2D eigenvalue weighted by molar-refractivity contribution is -0.139. The number of fused-ring (bicyclic) bond motifs is 3. The molecule has 3 aromatic rings. The van der Waals surface area contributed by atoms with Crippen molar-refractivity contribution in [2.24, 2.45) is 5.92 Å². The van der Waals surface area contributed by atoms with Gasteiger partial charge in [0.1, 0.15) is 12.6 Å². The first-order valence-corrected chi connectivity index (χ1v) is 12.4. The number of amides is 1. The highest BCUT2D eigenvalue weighted by atomic mass is 16.5. The first kappa shape index (κ1) is 23.8. The summed E-state index contributed by atoms with van der Waals surface area (Å²) >= 11 is 0. The Bertz CT molecular complexity index is 1200. The molecule has 36 heavy (non-hydrogen) atoms. The van der Waals surface area contributed by atoms with Crippen molar-refractivity contribution in [1.29, 1.82) is 0 Å². The number of anilines is 1. The van der Waals surface area contributed by atoms with Crippen molar-refractivity contribution in [3.8, 4) is 11.1 Å². The van der Waals surface area contributed by atoms with Crippen molar-refractivity contribution >= 4 is 18.0 Å². The molecule has 1 amide bonds. The van der Waals surface area contributed by atoms with Crippen LogP contribution < -0.4 is 10.2 Å². The number of hydrogen-bond donors (Lipinski definition) is 2. The van der Waals surface area contributed by atoms with E-state index < -0.39 is 18.1 Å². The second-order valence-electron chi connectivity index (χ2n) is 9.65. The number of hydrogen-bond acceptors (Lipinski definition) is 6. The number of ether oxygens (including phenoxy) is 1. The fraction of sp³-hybridized carbons (Fsp3) is 0.357. The molecule has 8 heteroatoms. The molecule has 1 aliphatic carbocycles. The molecule has 1 aromatic heterocycles. The molecule has 2 unspecified atom stereocenters. The van der Waals surface area contributed by atoms with Gasteiger partial charge in [-0.25, -0.2) is 19.6 Å². The van der Waals surface area contributed by atoms with E-state index in [4.69, 9.17) is 4.74 Å². The van der Waals surface area contributed by atoms with Gasteiger partial charge in [0.25, 0.3) is 0 Å². The van der Waals surface area contributed by atoms with Gasteiger partial charge >= 0.3 is 12.1 Å². The molecule has 2 aromatic carbocycles. The van der Waals surface area contributed by atoms with Crippen LogP contribution in [-0.2, 0) is 16.0 Å². The molecule has 0 saturated carbocycles. The molecule has 2 aliphatic rings. The van der Waals surface area contributed by atoms with Gasteiger partial charge in [0.2, 0.25) is 5.95 Å². The maximum atomic E-state index is 12.6. The van der Waals surface area contributed by atoms with E-state index in [0.29, 0.717) is 17.4 Å². The molecule has 1 fully saturated rings. The third kappa shape index (κ3) is 5.03. The summed E-state index contributed by atoms with van der Waals surface area (Å²) in [5.74, 6) is 0.0174. The Balaban J connectivity index is 1.20. The minimum atomic E-state index is -1.15. The van der Waals surface area contributed by atoms with Crippen LogP contribution in [0.5, 0.6) is 0 Å². The SMILES string of the molecule is CC1CCCN(c2ncc(CC(NC(=O)OCC3c4ccccc4-c4ccccc43)C(=O)O)cn2)C1. The minimum absolute atomic E-state index is 0.0657. The van der Waals surface area contributed by atoms with Crippen LogP contribution >= 0.6 is 0 Å². The van der Waals surface area contributed by atoms with Crippen LogP contribution in [-0.4, -0.2) is 52.9 Å². The molecule has 0 bridgehead atoms.